The van der Waals surface area contributed by atoms with E-state index in [0.29, 0.717) is 0 Å². The van der Waals surface area contributed by atoms with Crippen LogP contribution in [-0.4, -0.2) is 20.9 Å². The lowest BCUT2D eigenvalue weighted by molar-refractivity contribution is -0.120. The summed E-state index contributed by atoms with van der Waals surface area (Å²) in [5, 5.41) is 2.93. The number of fused-ring (bicyclic) bond motifs is 1. The summed E-state index contributed by atoms with van der Waals surface area (Å²) in [6, 6.07) is 17.5. The number of carbonyl (C=O) groups is 1. The van der Waals surface area contributed by atoms with Gasteiger partial charge in [0, 0.05) is 0 Å². The van der Waals surface area contributed by atoms with Gasteiger partial charge in [-0.15, -0.1) is 0 Å². The smallest absolute Gasteiger partial charge is 0.264 e. The van der Waals surface area contributed by atoms with E-state index < -0.39 is 28.3 Å². The molecular formula is C27H29FN2O3S. The van der Waals surface area contributed by atoms with Crippen molar-refractivity contribution in [3.63, 3.8) is 0 Å². The van der Waals surface area contributed by atoms with Gasteiger partial charge in [-0.3, -0.25) is 9.10 Å². The number of sulfonamides is 1. The Morgan fingerprint density at radius 2 is 1.62 bits per heavy atom. The zero-order chi connectivity index (χ0) is 24.3. The number of amides is 1. The van der Waals surface area contributed by atoms with Gasteiger partial charge in [0.25, 0.3) is 10.0 Å². The molecule has 1 amide bonds. The lowest BCUT2D eigenvalue weighted by Crippen LogP contribution is -2.41. The largest absolute Gasteiger partial charge is 0.348 e. The summed E-state index contributed by atoms with van der Waals surface area (Å²) >= 11 is 0. The van der Waals surface area contributed by atoms with Gasteiger partial charge in [0.2, 0.25) is 5.91 Å². The van der Waals surface area contributed by atoms with Crippen molar-refractivity contribution < 1.29 is 17.6 Å². The van der Waals surface area contributed by atoms with Crippen LogP contribution in [0.3, 0.4) is 0 Å². The molecule has 0 bridgehead atoms. The van der Waals surface area contributed by atoms with Gasteiger partial charge >= 0.3 is 0 Å². The summed E-state index contributed by atoms with van der Waals surface area (Å²) in [6.07, 6.45) is 4.49. The maximum Gasteiger partial charge on any atom is 0.264 e. The van der Waals surface area contributed by atoms with E-state index in [1.165, 1.54) is 60.4 Å². The average Bonchev–Trinajstić information content (AvgIpc) is 2.83. The van der Waals surface area contributed by atoms with Crippen molar-refractivity contribution in [3.8, 4) is 0 Å². The number of aryl methyl sites for hydroxylation is 3. The van der Waals surface area contributed by atoms with Crippen molar-refractivity contribution in [2.45, 2.75) is 50.5 Å². The van der Waals surface area contributed by atoms with Crippen molar-refractivity contribution in [3.05, 3.63) is 94.8 Å². The fraction of sp³-hybridized carbons (Fsp3) is 0.296. The third-order valence-corrected chi connectivity index (χ3v) is 8.05. The third-order valence-electron chi connectivity index (χ3n) is 6.26. The highest BCUT2D eigenvalue weighted by atomic mass is 32.2. The van der Waals surface area contributed by atoms with Crippen LogP contribution in [0, 0.1) is 12.7 Å². The summed E-state index contributed by atoms with van der Waals surface area (Å²) in [5.41, 5.74) is 4.81. The highest BCUT2D eigenvalue weighted by Gasteiger charge is 2.28. The zero-order valence-corrected chi connectivity index (χ0v) is 20.2. The van der Waals surface area contributed by atoms with E-state index >= 15 is 0 Å². The van der Waals surface area contributed by atoms with E-state index in [1.807, 2.05) is 19.9 Å². The molecule has 34 heavy (non-hydrogen) atoms. The number of nitrogens with one attached hydrogen (secondary N) is 1. The number of halogens is 1. The highest BCUT2D eigenvalue weighted by molar-refractivity contribution is 7.92. The van der Waals surface area contributed by atoms with Crippen molar-refractivity contribution >= 4 is 21.6 Å². The second kappa shape index (κ2) is 9.97. The van der Waals surface area contributed by atoms with Gasteiger partial charge in [0.15, 0.2) is 0 Å². The molecule has 4 rings (SSSR count). The van der Waals surface area contributed by atoms with Gasteiger partial charge < -0.3 is 5.32 Å². The van der Waals surface area contributed by atoms with Gasteiger partial charge in [0.05, 0.1) is 16.6 Å². The maximum atomic E-state index is 13.5. The first-order chi connectivity index (χ1) is 16.2. The minimum atomic E-state index is -4.04. The van der Waals surface area contributed by atoms with Crippen molar-refractivity contribution in [2.24, 2.45) is 0 Å². The third kappa shape index (κ3) is 5.30. The first kappa shape index (κ1) is 24.0. The molecule has 0 heterocycles. The number of nitrogens with zero attached hydrogens (tertiary/aromatic N) is 1. The van der Waals surface area contributed by atoms with E-state index in [0.717, 1.165) is 28.3 Å². The number of hydrogen-bond acceptors (Lipinski definition) is 3. The van der Waals surface area contributed by atoms with Gasteiger partial charge in [-0.1, -0.05) is 35.9 Å². The molecule has 1 unspecified atom stereocenters. The Morgan fingerprint density at radius 3 is 2.29 bits per heavy atom. The molecule has 7 heteroatoms. The number of benzene rings is 3. The van der Waals surface area contributed by atoms with Gasteiger partial charge in [0.1, 0.15) is 12.4 Å². The molecule has 0 saturated heterocycles. The molecule has 3 aromatic rings. The summed E-state index contributed by atoms with van der Waals surface area (Å²) < 4.78 is 41.4. The van der Waals surface area contributed by atoms with Gasteiger partial charge in [-0.05, 0) is 92.6 Å². The van der Waals surface area contributed by atoms with Crippen molar-refractivity contribution in [1.29, 1.82) is 0 Å². The lowest BCUT2D eigenvalue weighted by Gasteiger charge is -2.25. The standard InChI is InChI=1S/C27H29FN2O3S/c1-19-7-15-26(16-8-19)34(32,33)30(25-13-11-24(28)12-14-25)18-27(31)29-20(2)22-10-9-21-5-3-4-6-23(21)17-22/h7-17,20H,3-6,18H2,1-2H3,(H,29,31). The van der Waals surface area contributed by atoms with Crippen LogP contribution in [0.2, 0.25) is 0 Å². The van der Waals surface area contributed by atoms with E-state index in [2.05, 4.69) is 17.4 Å². The predicted octanol–water partition coefficient (Wildman–Crippen LogP) is 5.09. The van der Waals surface area contributed by atoms with Gasteiger partial charge in [-0.2, -0.15) is 0 Å². The van der Waals surface area contributed by atoms with E-state index in [9.17, 15) is 17.6 Å². The molecule has 0 saturated carbocycles. The topological polar surface area (TPSA) is 66.5 Å². The van der Waals surface area contributed by atoms with Crippen LogP contribution in [-0.2, 0) is 27.7 Å². The molecule has 0 fully saturated rings. The lowest BCUT2D eigenvalue weighted by atomic mass is 9.89. The second-order valence-electron chi connectivity index (χ2n) is 8.83. The Morgan fingerprint density at radius 1 is 0.971 bits per heavy atom. The number of carbonyl (C=O) groups excluding carboxylic acids is 1. The van der Waals surface area contributed by atoms with Crippen molar-refractivity contribution in [1.82, 2.24) is 5.32 Å². The Balaban J connectivity index is 1.56. The zero-order valence-electron chi connectivity index (χ0n) is 19.4. The SMILES string of the molecule is Cc1ccc(S(=O)(=O)N(CC(=O)NC(C)c2ccc3c(c2)CCCC3)c2ccc(F)cc2)cc1. The monoisotopic (exact) mass is 480 g/mol. The molecule has 0 spiro atoms. The molecule has 0 aliphatic heterocycles. The second-order valence-corrected chi connectivity index (χ2v) is 10.7. The number of anilines is 1. The van der Waals surface area contributed by atoms with Crippen LogP contribution in [0.15, 0.2) is 71.6 Å². The van der Waals surface area contributed by atoms with Gasteiger partial charge in [-0.25, -0.2) is 12.8 Å². The first-order valence-corrected chi connectivity index (χ1v) is 12.9. The maximum absolute atomic E-state index is 13.5. The van der Waals surface area contributed by atoms with E-state index in [1.54, 1.807) is 12.1 Å². The number of rotatable bonds is 7. The highest BCUT2D eigenvalue weighted by Crippen LogP contribution is 2.26. The quantitative estimate of drug-likeness (QED) is 0.513. The molecule has 1 N–H and O–H groups in total. The Kier molecular flexibility index (Phi) is 7.03. The molecular weight excluding hydrogens is 451 g/mol. The van der Waals surface area contributed by atoms with Crippen LogP contribution >= 0.6 is 0 Å². The summed E-state index contributed by atoms with van der Waals surface area (Å²) in [7, 11) is -4.04. The predicted molar refractivity (Wildman–Crippen MR) is 132 cm³/mol. The summed E-state index contributed by atoms with van der Waals surface area (Å²) in [6.45, 7) is 3.33. The number of hydrogen-bond donors (Lipinski definition) is 1. The summed E-state index contributed by atoms with van der Waals surface area (Å²) in [5.74, 6) is -0.924. The fourth-order valence-electron chi connectivity index (χ4n) is 4.28. The molecule has 1 atom stereocenters. The molecule has 1 aliphatic carbocycles. The molecule has 3 aromatic carbocycles. The van der Waals surface area contributed by atoms with E-state index in [-0.39, 0.29) is 16.6 Å². The Labute approximate surface area is 200 Å². The van der Waals surface area contributed by atoms with Crippen LogP contribution in [0.1, 0.15) is 48.1 Å². The Bertz CT molecular complexity index is 1270. The fourth-order valence-corrected chi connectivity index (χ4v) is 5.70. The van der Waals surface area contributed by atoms with Crippen LogP contribution in [0.25, 0.3) is 0 Å². The van der Waals surface area contributed by atoms with Crippen LogP contribution < -0.4 is 9.62 Å². The molecule has 5 nitrogen and oxygen atoms in total. The normalized spacial score (nSPS) is 14.2. The Hall–Kier alpha value is -3.19. The van der Waals surface area contributed by atoms with Crippen molar-refractivity contribution in [2.75, 3.05) is 10.8 Å². The molecule has 0 aromatic heterocycles. The minimum Gasteiger partial charge on any atom is -0.348 e. The average molecular weight is 481 g/mol. The molecule has 0 radical (unpaired) electrons. The molecule has 178 valence electrons. The van der Waals surface area contributed by atoms with Crippen LogP contribution in [0.5, 0.6) is 0 Å². The minimum absolute atomic E-state index is 0.0676. The van der Waals surface area contributed by atoms with E-state index in [4.69, 9.17) is 0 Å². The van der Waals surface area contributed by atoms with Crippen LogP contribution in [0.4, 0.5) is 10.1 Å². The summed E-state index contributed by atoms with van der Waals surface area (Å²) in [4.78, 5) is 13.1. The molecule has 1 aliphatic rings. The first-order valence-electron chi connectivity index (χ1n) is 11.5.